The summed E-state index contributed by atoms with van der Waals surface area (Å²) in [5.74, 6) is 1.81. The zero-order valence-corrected chi connectivity index (χ0v) is 9.43. The van der Waals surface area contributed by atoms with E-state index in [1.807, 2.05) is 6.20 Å². The van der Waals surface area contributed by atoms with Gasteiger partial charge in [0, 0.05) is 16.7 Å². The highest BCUT2D eigenvalue weighted by Crippen LogP contribution is 2.32. The van der Waals surface area contributed by atoms with Crippen molar-refractivity contribution >= 4 is 21.7 Å². The van der Waals surface area contributed by atoms with Gasteiger partial charge in [0.2, 0.25) is 0 Å². The van der Waals surface area contributed by atoms with Gasteiger partial charge in [0.25, 0.3) is 0 Å². The van der Waals surface area contributed by atoms with Crippen molar-refractivity contribution in [2.24, 2.45) is 5.92 Å². The van der Waals surface area contributed by atoms with Crippen LogP contribution in [0.1, 0.15) is 18.9 Å². The van der Waals surface area contributed by atoms with Gasteiger partial charge in [-0.25, -0.2) is 4.98 Å². The lowest BCUT2D eigenvalue weighted by atomic mass is 10.3. The van der Waals surface area contributed by atoms with E-state index in [0.29, 0.717) is 6.04 Å². The molecule has 0 spiro atoms. The second-order valence-electron chi connectivity index (χ2n) is 3.78. The van der Waals surface area contributed by atoms with Gasteiger partial charge in [0.1, 0.15) is 5.82 Å². The maximum Gasteiger partial charge on any atom is 0.126 e. The second-order valence-corrected chi connectivity index (χ2v) is 4.64. The number of aryl methyl sites for hydroxylation is 1. The Balaban J connectivity index is 2.08. The molecule has 2 atom stereocenters. The number of pyridine rings is 1. The highest BCUT2D eigenvalue weighted by Gasteiger charge is 2.32. The van der Waals surface area contributed by atoms with E-state index in [2.05, 4.69) is 46.1 Å². The van der Waals surface area contributed by atoms with Crippen molar-refractivity contribution in [3.63, 3.8) is 0 Å². The third kappa shape index (κ3) is 2.02. The van der Waals surface area contributed by atoms with Gasteiger partial charge >= 0.3 is 0 Å². The first-order chi connectivity index (χ1) is 6.16. The molecule has 0 bridgehead atoms. The van der Waals surface area contributed by atoms with Crippen LogP contribution < -0.4 is 5.32 Å². The Morgan fingerprint density at radius 2 is 2.31 bits per heavy atom. The molecule has 1 aromatic rings. The first-order valence-corrected chi connectivity index (χ1v) is 5.35. The van der Waals surface area contributed by atoms with Gasteiger partial charge in [-0.2, -0.15) is 0 Å². The summed E-state index contributed by atoms with van der Waals surface area (Å²) in [5, 5.41) is 3.40. The highest BCUT2D eigenvalue weighted by atomic mass is 79.9. The number of hydrogen-bond donors (Lipinski definition) is 1. The van der Waals surface area contributed by atoms with E-state index in [9.17, 15) is 0 Å². The molecule has 2 rings (SSSR count). The summed E-state index contributed by atoms with van der Waals surface area (Å²) in [6.07, 6.45) is 3.13. The molecule has 0 saturated heterocycles. The number of aromatic nitrogens is 1. The fourth-order valence-corrected chi connectivity index (χ4v) is 1.55. The van der Waals surface area contributed by atoms with Crippen LogP contribution in [0.2, 0.25) is 0 Å². The van der Waals surface area contributed by atoms with E-state index in [-0.39, 0.29) is 0 Å². The van der Waals surface area contributed by atoms with Gasteiger partial charge in [-0.1, -0.05) is 6.92 Å². The molecule has 0 aliphatic heterocycles. The monoisotopic (exact) mass is 240 g/mol. The van der Waals surface area contributed by atoms with Gasteiger partial charge in [-0.05, 0) is 46.8 Å². The predicted octanol–water partition coefficient (Wildman–Crippen LogP) is 2.97. The fourth-order valence-electron chi connectivity index (χ4n) is 1.33. The summed E-state index contributed by atoms with van der Waals surface area (Å²) >= 11 is 3.43. The molecule has 3 heteroatoms. The van der Waals surface area contributed by atoms with Crippen LogP contribution in [0.3, 0.4) is 0 Å². The van der Waals surface area contributed by atoms with Crippen molar-refractivity contribution in [1.29, 1.82) is 0 Å². The van der Waals surface area contributed by atoms with Crippen LogP contribution in [0.5, 0.6) is 0 Å². The third-order valence-electron chi connectivity index (χ3n) is 2.49. The van der Waals surface area contributed by atoms with Crippen LogP contribution in [0.25, 0.3) is 0 Å². The van der Waals surface area contributed by atoms with Gasteiger partial charge in [0.05, 0.1) is 0 Å². The normalized spacial score (nSPS) is 25.8. The molecule has 2 nitrogen and oxygen atoms in total. The van der Waals surface area contributed by atoms with Crippen LogP contribution in [-0.2, 0) is 0 Å². The first-order valence-electron chi connectivity index (χ1n) is 4.55. The summed E-state index contributed by atoms with van der Waals surface area (Å²) < 4.78 is 1.07. The SMILES string of the molecule is Cc1cc(NC2CC2C)ncc1Br. The number of halogens is 1. The molecule has 1 heterocycles. The quantitative estimate of drug-likeness (QED) is 0.860. The van der Waals surface area contributed by atoms with Crippen molar-refractivity contribution < 1.29 is 0 Å². The maximum atomic E-state index is 4.30. The van der Waals surface area contributed by atoms with E-state index in [4.69, 9.17) is 0 Å². The zero-order valence-electron chi connectivity index (χ0n) is 7.84. The Bertz CT molecular complexity index is 325. The minimum Gasteiger partial charge on any atom is -0.367 e. The number of hydrogen-bond acceptors (Lipinski definition) is 2. The Morgan fingerprint density at radius 1 is 1.62 bits per heavy atom. The largest absolute Gasteiger partial charge is 0.367 e. The van der Waals surface area contributed by atoms with Gasteiger partial charge in [-0.3, -0.25) is 0 Å². The van der Waals surface area contributed by atoms with Crippen molar-refractivity contribution in [3.8, 4) is 0 Å². The first kappa shape index (κ1) is 9.00. The molecule has 0 radical (unpaired) electrons. The van der Waals surface area contributed by atoms with Crippen LogP contribution in [-0.4, -0.2) is 11.0 Å². The lowest BCUT2D eigenvalue weighted by Gasteiger charge is -2.05. The summed E-state index contributed by atoms with van der Waals surface area (Å²) in [7, 11) is 0. The summed E-state index contributed by atoms with van der Waals surface area (Å²) in [6, 6.07) is 2.72. The molecule has 2 unspecified atom stereocenters. The van der Waals surface area contributed by atoms with E-state index < -0.39 is 0 Å². The number of rotatable bonds is 2. The summed E-state index contributed by atoms with van der Waals surface area (Å²) in [6.45, 7) is 4.33. The standard InChI is InChI=1S/C10H13BrN2/c1-6-4-10(12-5-8(6)11)13-9-3-7(9)2/h4-5,7,9H,3H2,1-2H3,(H,12,13). The molecule has 1 aliphatic carbocycles. The molecule has 1 aliphatic rings. The lowest BCUT2D eigenvalue weighted by molar-refractivity contribution is 0.923. The Kier molecular flexibility index (Phi) is 2.28. The average Bonchev–Trinajstić information content (AvgIpc) is 2.75. The van der Waals surface area contributed by atoms with Crippen LogP contribution in [0.15, 0.2) is 16.7 Å². The fraction of sp³-hybridized carbons (Fsp3) is 0.500. The topological polar surface area (TPSA) is 24.9 Å². The molecule has 1 saturated carbocycles. The Hall–Kier alpha value is -0.570. The van der Waals surface area contributed by atoms with Gasteiger partial charge < -0.3 is 5.32 Å². The molecule has 1 N–H and O–H groups in total. The third-order valence-corrected chi connectivity index (χ3v) is 3.32. The maximum absolute atomic E-state index is 4.30. The molecule has 1 aromatic heterocycles. The van der Waals surface area contributed by atoms with Gasteiger partial charge in [0.15, 0.2) is 0 Å². The van der Waals surface area contributed by atoms with Crippen molar-refractivity contribution in [3.05, 3.63) is 22.3 Å². The number of nitrogens with one attached hydrogen (secondary N) is 1. The molecule has 70 valence electrons. The molecular weight excluding hydrogens is 228 g/mol. The molecule has 0 aromatic carbocycles. The molecular formula is C10H13BrN2. The van der Waals surface area contributed by atoms with Gasteiger partial charge in [-0.15, -0.1) is 0 Å². The molecule has 1 fully saturated rings. The predicted molar refractivity (Wildman–Crippen MR) is 57.9 cm³/mol. The number of nitrogens with zero attached hydrogens (tertiary/aromatic N) is 1. The lowest BCUT2D eigenvalue weighted by Crippen LogP contribution is -2.05. The average molecular weight is 241 g/mol. The minimum absolute atomic E-state index is 0.646. The van der Waals surface area contributed by atoms with E-state index >= 15 is 0 Å². The summed E-state index contributed by atoms with van der Waals surface area (Å²) in [5.41, 5.74) is 1.23. The highest BCUT2D eigenvalue weighted by molar-refractivity contribution is 9.10. The Morgan fingerprint density at radius 3 is 2.85 bits per heavy atom. The smallest absolute Gasteiger partial charge is 0.126 e. The number of anilines is 1. The van der Waals surface area contributed by atoms with Crippen molar-refractivity contribution in [2.45, 2.75) is 26.3 Å². The summed E-state index contributed by atoms with van der Waals surface area (Å²) in [4.78, 5) is 4.30. The van der Waals surface area contributed by atoms with Crippen LogP contribution in [0, 0.1) is 12.8 Å². The zero-order chi connectivity index (χ0) is 9.42. The minimum atomic E-state index is 0.646. The molecule has 0 amide bonds. The second kappa shape index (κ2) is 3.29. The Labute approximate surface area is 86.9 Å². The van der Waals surface area contributed by atoms with Crippen molar-refractivity contribution in [2.75, 3.05) is 5.32 Å². The van der Waals surface area contributed by atoms with Crippen LogP contribution >= 0.6 is 15.9 Å². The van der Waals surface area contributed by atoms with E-state index in [1.165, 1.54) is 12.0 Å². The van der Waals surface area contributed by atoms with E-state index in [1.54, 1.807) is 0 Å². The van der Waals surface area contributed by atoms with E-state index in [0.717, 1.165) is 16.2 Å². The molecule has 13 heavy (non-hydrogen) atoms. The van der Waals surface area contributed by atoms with Crippen molar-refractivity contribution in [1.82, 2.24) is 4.98 Å². The van der Waals surface area contributed by atoms with Crippen LogP contribution in [0.4, 0.5) is 5.82 Å².